The Hall–Kier alpha value is 0.0800. The fraction of sp³-hybridized carbons (Fsp3) is 1.00. The minimum absolute atomic E-state index is 0.186. The number of hydrogen-bond donors (Lipinski definition) is 2. The van der Waals surface area contributed by atoms with E-state index >= 15 is 0 Å². The summed E-state index contributed by atoms with van der Waals surface area (Å²) in [7, 11) is 0. The highest BCUT2D eigenvalue weighted by atomic mass is 32.1. The highest BCUT2D eigenvalue weighted by molar-refractivity contribution is 7.81. The van der Waals surface area contributed by atoms with Gasteiger partial charge in [0.25, 0.3) is 0 Å². The van der Waals surface area contributed by atoms with E-state index in [1.807, 2.05) is 0 Å². The molecule has 4 saturated heterocycles. The second kappa shape index (κ2) is 7.56. The van der Waals surface area contributed by atoms with Crippen LogP contribution in [0.25, 0.3) is 0 Å². The molecule has 0 aromatic carbocycles. The van der Waals surface area contributed by atoms with Gasteiger partial charge in [-0.15, -0.1) is 0 Å². The van der Waals surface area contributed by atoms with E-state index in [4.69, 9.17) is 9.47 Å². The van der Waals surface area contributed by atoms with Crippen molar-refractivity contribution in [2.45, 2.75) is 54.7 Å². The van der Waals surface area contributed by atoms with E-state index in [0.29, 0.717) is 62.2 Å². The zero-order chi connectivity index (χ0) is 20.5. The molecule has 0 spiro atoms. The first-order chi connectivity index (χ1) is 14.4. The minimum Gasteiger partial charge on any atom is -0.388 e. The molecule has 1 N–H and O–H groups in total. The molecule has 6 rings (SSSR count). The van der Waals surface area contributed by atoms with Gasteiger partial charge in [-0.2, -0.15) is 12.6 Å². The predicted octanol–water partition coefficient (Wildman–Crippen LogP) is 1.84. The van der Waals surface area contributed by atoms with E-state index in [1.54, 1.807) is 0 Å². The van der Waals surface area contributed by atoms with Crippen LogP contribution in [0.3, 0.4) is 0 Å². The number of alkyl halides is 1. The lowest BCUT2D eigenvalue weighted by Gasteiger charge is -2.40. The molecule has 2 aliphatic carbocycles. The number of ether oxygens (including phenoxy) is 2. The van der Waals surface area contributed by atoms with Gasteiger partial charge in [-0.1, -0.05) is 0 Å². The van der Waals surface area contributed by atoms with Gasteiger partial charge in [0.05, 0.1) is 11.7 Å². The largest absolute Gasteiger partial charge is 0.388 e. The summed E-state index contributed by atoms with van der Waals surface area (Å²) < 4.78 is 26.4. The van der Waals surface area contributed by atoms with Crippen LogP contribution in [0.5, 0.6) is 0 Å². The van der Waals surface area contributed by atoms with Gasteiger partial charge < -0.3 is 14.6 Å². The smallest absolute Gasteiger partial charge is 0.128 e. The van der Waals surface area contributed by atoms with E-state index in [1.165, 1.54) is 0 Å². The summed E-state index contributed by atoms with van der Waals surface area (Å²) >= 11 is 4.62. The Bertz CT molecular complexity index is 640. The maximum Gasteiger partial charge on any atom is 0.128 e. The van der Waals surface area contributed by atoms with Crippen LogP contribution in [0, 0.1) is 29.6 Å². The molecule has 5 nitrogen and oxygen atoms in total. The summed E-state index contributed by atoms with van der Waals surface area (Å²) in [5, 5.41) is 11.9. The second-order valence-electron chi connectivity index (χ2n) is 11.4. The van der Waals surface area contributed by atoms with Crippen LogP contribution in [0.4, 0.5) is 4.39 Å². The molecule has 6 atom stereocenters. The predicted molar refractivity (Wildman–Crippen MR) is 116 cm³/mol. The van der Waals surface area contributed by atoms with Crippen molar-refractivity contribution in [3.8, 4) is 0 Å². The van der Waals surface area contributed by atoms with Crippen LogP contribution in [0.15, 0.2) is 0 Å². The van der Waals surface area contributed by atoms with Crippen LogP contribution in [-0.4, -0.2) is 96.6 Å². The van der Waals surface area contributed by atoms with Crippen molar-refractivity contribution in [3.63, 3.8) is 0 Å². The molecule has 0 bridgehead atoms. The number of rotatable bonds is 6. The third-order valence-corrected chi connectivity index (χ3v) is 9.91. The molecule has 0 radical (unpaired) electrons. The fourth-order valence-corrected chi connectivity index (χ4v) is 7.77. The molecular formula is C23H37FN2O3S. The molecule has 170 valence electrons. The van der Waals surface area contributed by atoms with E-state index in [0.717, 1.165) is 63.8 Å². The van der Waals surface area contributed by atoms with Crippen molar-refractivity contribution in [1.82, 2.24) is 9.80 Å². The van der Waals surface area contributed by atoms with Gasteiger partial charge in [0.15, 0.2) is 0 Å². The third-order valence-electron chi connectivity index (χ3n) is 9.15. The Kier molecular flexibility index (Phi) is 5.21. The summed E-state index contributed by atoms with van der Waals surface area (Å²) in [5.74, 6) is 3.65. The Balaban J connectivity index is 0.959. The molecule has 6 fully saturated rings. The quantitative estimate of drug-likeness (QED) is 0.617. The highest BCUT2D eigenvalue weighted by Crippen LogP contribution is 2.55. The number of hydrogen-bond acceptors (Lipinski definition) is 6. The first kappa shape index (κ1) is 20.7. The van der Waals surface area contributed by atoms with Crippen LogP contribution < -0.4 is 0 Å². The van der Waals surface area contributed by atoms with Gasteiger partial charge in [-0.3, -0.25) is 9.80 Å². The van der Waals surface area contributed by atoms with Crippen molar-refractivity contribution in [2.24, 2.45) is 29.6 Å². The summed E-state index contributed by atoms with van der Waals surface area (Å²) in [6.07, 6.45) is 3.88. The fourth-order valence-electron chi connectivity index (χ4n) is 7.24. The maximum atomic E-state index is 15.0. The summed E-state index contributed by atoms with van der Waals surface area (Å²) in [5.41, 5.74) is -1.64. The number of nitrogens with zero attached hydrogens (tertiary/aromatic N) is 2. The van der Waals surface area contributed by atoms with Gasteiger partial charge in [0, 0.05) is 90.0 Å². The second-order valence-corrected chi connectivity index (χ2v) is 12.0. The lowest BCUT2D eigenvalue weighted by atomic mass is 9.87. The van der Waals surface area contributed by atoms with E-state index in [-0.39, 0.29) is 6.10 Å². The van der Waals surface area contributed by atoms with Crippen LogP contribution >= 0.6 is 12.6 Å². The van der Waals surface area contributed by atoms with Crippen LogP contribution in [0.1, 0.15) is 32.1 Å². The number of likely N-dealkylation sites (tertiary alicyclic amines) is 2. The van der Waals surface area contributed by atoms with E-state index in [9.17, 15) is 9.50 Å². The molecule has 7 heteroatoms. The summed E-state index contributed by atoms with van der Waals surface area (Å²) in [6, 6.07) is 0. The molecular weight excluding hydrogens is 403 g/mol. The molecule has 0 aromatic heterocycles. The first-order valence-corrected chi connectivity index (χ1v) is 12.7. The van der Waals surface area contributed by atoms with Crippen molar-refractivity contribution in [1.29, 1.82) is 0 Å². The molecule has 4 heterocycles. The van der Waals surface area contributed by atoms with Gasteiger partial charge in [-0.25, -0.2) is 4.39 Å². The zero-order valence-electron chi connectivity index (χ0n) is 17.9. The van der Waals surface area contributed by atoms with Gasteiger partial charge in [-0.05, 0) is 36.0 Å². The average molecular weight is 441 g/mol. The number of fused-ring (bicyclic) bond motifs is 2. The first-order valence-electron chi connectivity index (χ1n) is 12.1. The molecule has 6 unspecified atom stereocenters. The van der Waals surface area contributed by atoms with Crippen LogP contribution in [-0.2, 0) is 9.47 Å². The number of aliphatic hydroxyl groups is 1. The van der Waals surface area contributed by atoms with Crippen molar-refractivity contribution >= 4 is 12.6 Å². The Morgan fingerprint density at radius 3 is 2.23 bits per heavy atom. The average Bonchev–Trinajstić information content (AvgIpc) is 3.31. The summed E-state index contributed by atoms with van der Waals surface area (Å²) in [4.78, 5) is 4.81. The normalized spacial score (nSPS) is 50.3. The molecule has 30 heavy (non-hydrogen) atoms. The minimum atomic E-state index is -1.04. The number of piperidine rings is 2. The van der Waals surface area contributed by atoms with E-state index < -0.39 is 11.3 Å². The molecule has 2 saturated carbocycles. The zero-order valence-corrected chi connectivity index (χ0v) is 18.8. The SMILES string of the molecule is OC1(CN2CC3C(S)C3C2)CCOC(CC2C3CN(CC4(F)CCOCC4)CC23)C1. The van der Waals surface area contributed by atoms with Gasteiger partial charge in [0.1, 0.15) is 5.67 Å². The lowest BCUT2D eigenvalue weighted by Crippen LogP contribution is -2.49. The topological polar surface area (TPSA) is 45.2 Å². The number of halogens is 1. The monoisotopic (exact) mass is 440 g/mol. The summed E-state index contributed by atoms with van der Waals surface area (Å²) in [6.45, 7) is 7.49. The number of thiol groups is 1. The Labute approximate surface area is 185 Å². The number of β-amino-alcohol motifs (C(OH)–C–C–N with tert-alkyl or cyclic N) is 1. The van der Waals surface area contributed by atoms with E-state index in [2.05, 4.69) is 22.4 Å². The third kappa shape index (κ3) is 3.96. The van der Waals surface area contributed by atoms with Gasteiger partial charge in [0.2, 0.25) is 0 Å². The standard InChI is InChI=1S/C23H37FN2O3S/c24-22(1-4-28-5-2-22)13-25-9-17-16(18(17)10-25)7-15-8-23(27,3-6-29-15)14-26-11-19-20(12-26)21(19)30/h15-21,27,30H,1-14H2. The highest BCUT2D eigenvalue weighted by Gasteiger charge is 2.58. The Morgan fingerprint density at radius 1 is 0.900 bits per heavy atom. The van der Waals surface area contributed by atoms with Crippen molar-refractivity contribution in [2.75, 3.05) is 59.1 Å². The molecule has 4 aliphatic heterocycles. The molecule has 0 amide bonds. The van der Waals surface area contributed by atoms with Crippen LogP contribution in [0.2, 0.25) is 0 Å². The molecule has 6 aliphatic rings. The van der Waals surface area contributed by atoms with Gasteiger partial charge >= 0.3 is 0 Å². The Morgan fingerprint density at radius 2 is 1.53 bits per heavy atom. The lowest BCUT2D eigenvalue weighted by molar-refractivity contribution is -0.117. The molecule has 0 aromatic rings. The van der Waals surface area contributed by atoms with Crippen molar-refractivity contribution in [3.05, 3.63) is 0 Å². The van der Waals surface area contributed by atoms with Crippen molar-refractivity contribution < 1.29 is 19.0 Å². The maximum absolute atomic E-state index is 15.0.